The van der Waals surface area contributed by atoms with Crippen LogP contribution in [0.25, 0.3) is 5.57 Å². The van der Waals surface area contributed by atoms with E-state index >= 15 is 0 Å². The first-order valence-corrected chi connectivity index (χ1v) is 6.78. The predicted molar refractivity (Wildman–Crippen MR) is 76.8 cm³/mol. The Morgan fingerprint density at radius 1 is 0.950 bits per heavy atom. The van der Waals surface area contributed by atoms with Gasteiger partial charge in [-0.15, -0.1) is 0 Å². The zero-order chi connectivity index (χ0) is 14.4. The summed E-state index contributed by atoms with van der Waals surface area (Å²) in [4.78, 5) is 12.2. The van der Waals surface area contributed by atoms with Crippen LogP contribution in [0.4, 0.5) is 8.78 Å². The minimum atomic E-state index is -0.665. The fraction of sp³-hybridized carbons (Fsp3) is 0.0625. The van der Waals surface area contributed by atoms with Crippen molar-refractivity contribution in [2.45, 2.75) is 6.92 Å². The number of Topliss-reactive ketones (excluding diaryl/α,β-unsaturated/α-hetero) is 1. The first-order valence-electron chi connectivity index (χ1n) is 5.99. The van der Waals surface area contributed by atoms with Crippen LogP contribution in [0.15, 0.2) is 40.9 Å². The summed E-state index contributed by atoms with van der Waals surface area (Å²) in [6.45, 7) is 1.90. The first kappa shape index (κ1) is 13.2. The van der Waals surface area contributed by atoms with Gasteiger partial charge in [0, 0.05) is 17.2 Å². The van der Waals surface area contributed by atoms with E-state index in [0.29, 0.717) is 26.7 Å². The van der Waals surface area contributed by atoms with E-state index in [1.165, 1.54) is 12.1 Å². The maximum Gasteiger partial charge on any atom is 0.201 e. The third kappa shape index (κ3) is 2.00. The van der Waals surface area contributed by atoms with Gasteiger partial charge in [-0.2, -0.15) is 0 Å². The predicted octanol–water partition coefficient (Wildman–Crippen LogP) is 4.62. The number of aryl methyl sites for hydroxylation is 1. The second-order valence-corrected chi connectivity index (χ2v) is 5.52. The summed E-state index contributed by atoms with van der Waals surface area (Å²) in [7, 11) is 0. The fourth-order valence-electron chi connectivity index (χ4n) is 2.39. The third-order valence-electron chi connectivity index (χ3n) is 3.26. The van der Waals surface area contributed by atoms with Crippen LogP contribution in [0.2, 0.25) is 0 Å². The zero-order valence-corrected chi connectivity index (χ0v) is 12.1. The van der Waals surface area contributed by atoms with Crippen molar-refractivity contribution >= 4 is 27.3 Å². The summed E-state index contributed by atoms with van der Waals surface area (Å²) in [5.41, 5.74) is 3.11. The summed E-state index contributed by atoms with van der Waals surface area (Å²) < 4.78 is 27.1. The van der Waals surface area contributed by atoms with Gasteiger partial charge >= 0.3 is 0 Å². The lowest BCUT2D eigenvalue weighted by Crippen LogP contribution is -1.93. The topological polar surface area (TPSA) is 17.1 Å². The van der Waals surface area contributed by atoms with E-state index in [0.717, 1.165) is 11.6 Å². The molecule has 0 atom stereocenters. The fourth-order valence-corrected chi connectivity index (χ4v) is 3.05. The lowest BCUT2D eigenvalue weighted by atomic mass is 9.97. The highest BCUT2D eigenvalue weighted by molar-refractivity contribution is 9.12. The van der Waals surface area contributed by atoms with Crippen molar-refractivity contribution in [2.24, 2.45) is 0 Å². The van der Waals surface area contributed by atoms with Crippen LogP contribution in [-0.2, 0) is 0 Å². The molecule has 0 aromatic heterocycles. The molecule has 1 aliphatic carbocycles. The Labute approximate surface area is 123 Å². The van der Waals surface area contributed by atoms with Crippen LogP contribution in [-0.4, -0.2) is 5.78 Å². The standard InChI is InChI=1S/C16H9BrF2O/c1-8-2-3-12-13(4-8)14(15(17)16(12)20)9-5-10(18)7-11(19)6-9/h2-7H,1H3. The van der Waals surface area contributed by atoms with Gasteiger partial charge in [0.15, 0.2) is 0 Å². The van der Waals surface area contributed by atoms with Gasteiger partial charge in [0.1, 0.15) is 11.6 Å². The molecule has 0 saturated heterocycles. The van der Waals surface area contributed by atoms with E-state index in [1.54, 1.807) is 6.07 Å². The van der Waals surface area contributed by atoms with Gasteiger partial charge in [0.25, 0.3) is 0 Å². The number of hydrogen-bond donors (Lipinski definition) is 0. The number of carbonyl (C=O) groups excluding carboxylic acids is 1. The lowest BCUT2D eigenvalue weighted by molar-refractivity contribution is 0.104. The van der Waals surface area contributed by atoms with Gasteiger partial charge in [-0.1, -0.05) is 23.8 Å². The Kier molecular flexibility index (Phi) is 3.05. The van der Waals surface area contributed by atoms with Gasteiger partial charge in [-0.3, -0.25) is 4.79 Å². The molecule has 2 aromatic carbocycles. The molecular weight excluding hydrogens is 326 g/mol. The molecule has 2 aromatic rings. The molecule has 0 radical (unpaired) electrons. The van der Waals surface area contributed by atoms with Crippen molar-refractivity contribution in [2.75, 3.05) is 0 Å². The van der Waals surface area contributed by atoms with Crippen LogP contribution >= 0.6 is 15.9 Å². The first-order chi connectivity index (χ1) is 9.47. The van der Waals surface area contributed by atoms with E-state index in [2.05, 4.69) is 15.9 Å². The lowest BCUT2D eigenvalue weighted by Gasteiger charge is -2.07. The Bertz CT molecular complexity index is 758. The Morgan fingerprint density at radius 2 is 1.60 bits per heavy atom. The summed E-state index contributed by atoms with van der Waals surface area (Å²) in [6.07, 6.45) is 0. The van der Waals surface area contributed by atoms with Crippen molar-refractivity contribution in [3.63, 3.8) is 0 Å². The molecule has 1 nitrogen and oxygen atoms in total. The number of carbonyl (C=O) groups is 1. The van der Waals surface area contributed by atoms with E-state index in [-0.39, 0.29) is 5.78 Å². The molecule has 0 amide bonds. The number of rotatable bonds is 1. The van der Waals surface area contributed by atoms with E-state index < -0.39 is 11.6 Å². The van der Waals surface area contributed by atoms with Crippen LogP contribution < -0.4 is 0 Å². The van der Waals surface area contributed by atoms with E-state index in [1.807, 2.05) is 19.1 Å². The van der Waals surface area contributed by atoms with E-state index in [4.69, 9.17) is 0 Å². The molecule has 0 aliphatic heterocycles. The molecule has 100 valence electrons. The average Bonchev–Trinajstić information content (AvgIpc) is 2.60. The van der Waals surface area contributed by atoms with Gasteiger partial charge in [-0.05, 0) is 46.1 Å². The molecule has 0 N–H and O–H groups in total. The zero-order valence-electron chi connectivity index (χ0n) is 10.5. The Balaban J connectivity index is 2.28. The maximum absolute atomic E-state index is 13.4. The molecule has 3 rings (SSSR count). The van der Waals surface area contributed by atoms with Crippen LogP contribution in [0.1, 0.15) is 27.0 Å². The molecule has 0 unspecified atom stereocenters. The summed E-state index contributed by atoms with van der Waals surface area (Å²) >= 11 is 3.25. The molecule has 0 fully saturated rings. The summed E-state index contributed by atoms with van der Waals surface area (Å²) in [5, 5.41) is 0. The number of hydrogen-bond acceptors (Lipinski definition) is 1. The van der Waals surface area contributed by atoms with Crippen molar-refractivity contribution in [1.29, 1.82) is 0 Å². The highest BCUT2D eigenvalue weighted by Gasteiger charge is 2.29. The van der Waals surface area contributed by atoms with Crippen molar-refractivity contribution in [3.05, 3.63) is 74.8 Å². The number of benzene rings is 2. The number of ketones is 1. The van der Waals surface area contributed by atoms with Gasteiger partial charge < -0.3 is 0 Å². The second kappa shape index (κ2) is 4.63. The SMILES string of the molecule is Cc1ccc2c(c1)C(c1cc(F)cc(F)c1)=C(Br)C2=O. The molecule has 4 heteroatoms. The number of fused-ring (bicyclic) bond motifs is 1. The molecular formula is C16H9BrF2O. The minimum absolute atomic E-state index is 0.167. The number of halogens is 3. The van der Waals surface area contributed by atoms with Crippen LogP contribution in [0.5, 0.6) is 0 Å². The third-order valence-corrected chi connectivity index (χ3v) is 4.02. The highest BCUT2D eigenvalue weighted by Crippen LogP contribution is 2.40. The van der Waals surface area contributed by atoms with Gasteiger partial charge in [0.05, 0.1) is 4.48 Å². The highest BCUT2D eigenvalue weighted by atomic mass is 79.9. The molecule has 1 aliphatic rings. The van der Waals surface area contributed by atoms with Crippen molar-refractivity contribution in [1.82, 2.24) is 0 Å². The Hall–Kier alpha value is -1.81. The van der Waals surface area contributed by atoms with Crippen LogP contribution in [0, 0.1) is 18.6 Å². The molecule has 0 bridgehead atoms. The minimum Gasteiger partial charge on any atom is -0.288 e. The summed E-state index contributed by atoms with van der Waals surface area (Å²) in [5.74, 6) is -1.50. The van der Waals surface area contributed by atoms with Gasteiger partial charge in [-0.25, -0.2) is 8.78 Å². The molecule has 0 spiro atoms. The van der Waals surface area contributed by atoms with E-state index in [9.17, 15) is 13.6 Å². The second-order valence-electron chi connectivity index (χ2n) is 4.73. The molecule has 0 heterocycles. The Morgan fingerprint density at radius 3 is 2.25 bits per heavy atom. The van der Waals surface area contributed by atoms with Crippen molar-refractivity contribution in [3.8, 4) is 0 Å². The average molecular weight is 335 g/mol. The quantitative estimate of drug-likeness (QED) is 0.743. The normalized spacial score (nSPS) is 13.9. The van der Waals surface area contributed by atoms with Gasteiger partial charge in [0.2, 0.25) is 5.78 Å². The van der Waals surface area contributed by atoms with Crippen LogP contribution in [0.3, 0.4) is 0 Å². The number of allylic oxidation sites excluding steroid dienone is 1. The largest absolute Gasteiger partial charge is 0.288 e. The molecule has 20 heavy (non-hydrogen) atoms. The molecule has 0 saturated carbocycles. The maximum atomic E-state index is 13.4. The smallest absolute Gasteiger partial charge is 0.201 e. The van der Waals surface area contributed by atoms with Crippen molar-refractivity contribution < 1.29 is 13.6 Å². The summed E-state index contributed by atoms with van der Waals surface area (Å²) in [6, 6.07) is 8.68. The monoisotopic (exact) mass is 334 g/mol.